The lowest BCUT2D eigenvalue weighted by Crippen LogP contribution is -2.36. The van der Waals surface area contributed by atoms with Crippen molar-refractivity contribution in [3.63, 3.8) is 0 Å². The van der Waals surface area contributed by atoms with E-state index in [0.717, 1.165) is 28.1 Å². The summed E-state index contributed by atoms with van der Waals surface area (Å²) in [4.78, 5) is 15.2. The van der Waals surface area contributed by atoms with Crippen LogP contribution in [0.1, 0.15) is 43.0 Å². The van der Waals surface area contributed by atoms with Crippen LogP contribution in [0.3, 0.4) is 0 Å². The molecule has 3 heteroatoms. The minimum atomic E-state index is -0.594. The van der Waals surface area contributed by atoms with Gasteiger partial charge in [-0.1, -0.05) is 84.9 Å². The van der Waals surface area contributed by atoms with Gasteiger partial charge in [0.15, 0.2) is 0 Å². The lowest BCUT2D eigenvalue weighted by Gasteiger charge is -2.35. The first-order valence-corrected chi connectivity index (χ1v) is 11.6. The van der Waals surface area contributed by atoms with Crippen molar-refractivity contribution in [2.45, 2.75) is 26.4 Å². The molecule has 34 heavy (non-hydrogen) atoms. The van der Waals surface area contributed by atoms with Crippen molar-refractivity contribution in [2.75, 3.05) is 4.90 Å². The molecule has 0 radical (unpaired) electrons. The summed E-state index contributed by atoms with van der Waals surface area (Å²) in [5.74, 6) is 0. The number of rotatable bonds is 0. The van der Waals surface area contributed by atoms with Crippen LogP contribution >= 0.6 is 0 Å². The van der Waals surface area contributed by atoms with Gasteiger partial charge in [0.2, 0.25) is 0 Å². The number of benzene rings is 4. The standard InChI is InChI=1S/C31H25NO2/c1-31(2,3)34-30(33)32-26-18-10-8-16-24(26)29(25-17-9-11-19-27(25)32)28-22-14-6-4-12-20(22)21-13-5-7-15-23(21)28/h4-19H,1-3H3. The van der Waals surface area contributed by atoms with E-state index in [0.29, 0.717) is 0 Å². The van der Waals surface area contributed by atoms with Crippen LogP contribution in [0.4, 0.5) is 16.2 Å². The van der Waals surface area contributed by atoms with Crippen LogP contribution in [-0.4, -0.2) is 11.7 Å². The highest BCUT2D eigenvalue weighted by Gasteiger charge is 2.36. The number of ether oxygens (including phenoxy) is 1. The van der Waals surface area contributed by atoms with Crippen LogP contribution in [0.15, 0.2) is 97.1 Å². The molecule has 0 unspecified atom stereocenters. The zero-order chi connectivity index (χ0) is 23.4. The molecule has 4 aromatic carbocycles. The van der Waals surface area contributed by atoms with Crippen molar-refractivity contribution in [1.82, 2.24) is 0 Å². The Labute approximate surface area is 199 Å². The number of hydrogen-bond donors (Lipinski definition) is 0. The van der Waals surface area contributed by atoms with Crippen LogP contribution in [0.2, 0.25) is 0 Å². The van der Waals surface area contributed by atoms with E-state index in [4.69, 9.17) is 4.74 Å². The van der Waals surface area contributed by atoms with Gasteiger partial charge in [0.05, 0.1) is 11.4 Å². The number of amides is 1. The largest absolute Gasteiger partial charge is 0.443 e. The Balaban J connectivity index is 1.69. The van der Waals surface area contributed by atoms with Crippen molar-refractivity contribution in [3.8, 4) is 11.1 Å². The van der Waals surface area contributed by atoms with Crippen LogP contribution < -0.4 is 4.90 Å². The van der Waals surface area contributed by atoms with Crippen molar-refractivity contribution in [2.24, 2.45) is 0 Å². The second-order valence-electron chi connectivity index (χ2n) is 9.69. The van der Waals surface area contributed by atoms with Crippen LogP contribution in [0.25, 0.3) is 22.3 Å². The molecule has 0 aromatic heterocycles. The molecule has 0 atom stereocenters. The third kappa shape index (κ3) is 3.08. The molecular formula is C31H25NO2. The number of carbonyl (C=O) groups excluding carboxylic acids is 1. The number of fused-ring (bicyclic) bond motifs is 5. The molecule has 2 aliphatic rings. The third-order valence-corrected chi connectivity index (χ3v) is 6.34. The fourth-order valence-corrected chi connectivity index (χ4v) is 5.09. The van der Waals surface area contributed by atoms with E-state index in [1.807, 2.05) is 57.2 Å². The average Bonchev–Trinajstić information content (AvgIpc) is 3.15. The maximum atomic E-state index is 13.5. The van der Waals surface area contributed by atoms with Gasteiger partial charge >= 0.3 is 6.09 Å². The van der Waals surface area contributed by atoms with Crippen molar-refractivity contribution in [3.05, 3.63) is 119 Å². The number of nitrogens with zero attached hydrogens (tertiary/aromatic N) is 1. The van der Waals surface area contributed by atoms with Gasteiger partial charge in [0.25, 0.3) is 0 Å². The molecule has 4 aromatic rings. The van der Waals surface area contributed by atoms with E-state index in [-0.39, 0.29) is 6.09 Å². The van der Waals surface area contributed by atoms with Gasteiger partial charge in [0, 0.05) is 16.7 Å². The average molecular weight is 444 g/mol. The molecule has 1 aliphatic heterocycles. The summed E-state index contributed by atoms with van der Waals surface area (Å²) < 4.78 is 5.84. The number of carbonyl (C=O) groups is 1. The molecule has 1 heterocycles. The number of anilines is 2. The molecule has 0 saturated carbocycles. The molecule has 1 amide bonds. The number of para-hydroxylation sites is 2. The maximum Gasteiger partial charge on any atom is 0.419 e. The Bertz CT molecular complexity index is 1390. The summed E-state index contributed by atoms with van der Waals surface area (Å²) in [7, 11) is 0. The predicted molar refractivity (Wildman–Crippen MR) is 138 cm³/mol. The molecule has 0 N–H and O–H groups in total. The van der Waals surface area contributed by atoms with Gasteiger partial charge in [0.1, 0.15) is 5.60 Å². The summed E-state index contributed by atoms with van der Waals surface area (Å²) in [5, 5.41) is 0. The van der Waals surface area contributed by atoms with Crippen molar-refractivity contribution < 1.29 is 9.53 Å². The molecule has 1 aliphatic carbocycles. The zero-order valence-corrected chi connectivity index (χ0v) is 19.5. The van der Waals surface area contributed by atoms with E-state index in [1.165, 1.54) is 27.8 Å². The van der Waals surface area contributed by atoms with Gasteiger partial charge in [-0.15, -0.1) is 0 Å². The molecule has 3 nitrogen and oxygen atoms in total. The molecule has 0 bridgehead atoms. The first kappa shape index (κ1) is 20.5. The highest BCUT2D eigenvalue weighted by molar-refractivity contribution is 6.19. The monoisotopic (exact) mass is 443 g/mol. The van der Waals surface area contributed by atoms with Gasteiger partial charge in [-0.25, -0.2) is 9.69 Å². The summed E-state index contributed by atoms with van der Waals surface area (Å²) in [6.45, 7) is 5.69. The Morgan fingerprint density at radius 3 is 1.35 bits per heavy atom. The Morgan fingerprint density at radius 1 is 0.559 bits per heavy atom. The van der Waals surface area contributed by atoms with E-state index in [2.05, 4.69) is 60.7 Å². The summed E-state index contributed by atoms with van der Waals surface area (Å²) >= 11 is 0. The van der Waals surface area contributed by atoms with E-state index >= 15 is 0 Å². The van der Waals surface area contributed by atoms with E-state index in [1.54, 1.807) is 4.90 Å². The minimum absolute atomic E-state index is 0.372. The Hall–Kier alpha value is -4.11. The van der Waals surface area contributed by atoms with Gasteiger partial charge in [-0.05, 0) is 60.7 Å². The molecule has 6 rings (SSSR count). The molecular weight excluding hydrogens is 418 g/mol. The van der Waals surface area contributed by atoms with E-state index in [9.17, 15) is 4.79 Å². The van der Waals surface area contributed by atoms with Crippen molar-refractivity contribution in [1.29, 1.82) is 0 Å². The second kappa shape index (κ2) is 7.46. The Morgan fingerprint density at radius 2 is 0.912 bits per heavy atom. The molecule has 0 saturated heterocycles. The van der Waals surface area contributed by atoms with Gasteiger partial charge in [-0.2, -0.15) is 0 Å². The smallest absolute Gasteiger partial charge is 0.419 e. The second-order valence-corrected chi connectivity index (χ2v) is 9.69. The fraction of sp³-hybridized carbons (Fsp3) is 0.129. The van der Waals surface area contributed by atoms with Gasteiger partial charge in [-0.3, -0.25) is 0 Å². The molecule has 0 fully saturated rings. The van der Waals surface area contributed by atoms with Gasteiger partial charge < -0.3 is 4.74 Å². The van der Waals surface area contributed by atoms with Crippen molar-refractivity contribution >= 4 is 28.6 Å². The van der Waals surface area contributed by atoms with E-state index < -0.39 is 5.60 Å². The minimum Gasteiger partial charge on any atom is -0.443 e. The first-order chi connectivity index (χ1) is 16.4. The van der Waals surface area contributed by atoms with Crippen LogP contribution in [0, 0.1) is 0 Å². The van der Waals surface area contributed by atoms with Crippen LogP contribution in [-0.2, 0) is 4.74 Å². The highest BCUT2D eigenvalue weighted by Crippen LogP contribution is 2.54. The lowest BCUT2D eigenvalue weighted by atomic mass is 9.84. The lowest BCUT2D eigenvalue weighted by molar-refractivity contribution is 0.0598. The summed E-state index contributed by atoms with van der Waals surface area (Å²) in [6.07, 6.45) is -0.372. The number of hydrogen-bond acceptors (Lipinski definition) is 2. The normalized spacial score (nSPS) is 13.7. The Kier molecular flexibility index (Phi) is 4.50. The predicted octanol–water partition coefficient (Wildman–Crippen LogP) is 8.06. The third-order valence-electron chi connectivity index (χ3n) is 6.34. The topological polar surface area (TPSA) is 29.5 Å². The fourth-order valence-electron chi connectivity index (χ4n) is 5.09. The first-order valence-electron chi connectivity index (χ1n) is 11.6. The van der Waals surface area contributed by atoms with Crippen LogP contribution in [0.5, 0.6) is 0 Å². The summed E-state index contributed by atoms with van der Waals surface area (Å²) in [5.41, 5.74) is 10.4. The molecule has 0 spiro atoms. The quantitative estimate of drug-likeness (QED) is 0.242. The SMILES string of the molecule is CC(C)(C)OC(=O)N1c2ccccc2C(=C2c3ccccc3-c3ccccc32)c2ccccc21. The molecule has 166 valence electrons. The zero-order valence-electron chi connectivity index (χ0n) is 19.5. The highest BCUT2D eigenvalue weighted by atomic mass is 16.6. The summed E-state index contributed by atoms with van der Waals surface area (Å²) in [6, 6.07) is 33.4. The maximum absolute atomic E-state index is 13.5.